The number of rotatable bonds is 9. The van der Waals surface area contributed by atoms with Gasteiger partial charge in [0.15, 0.2) is 6.10 Å². The summed E-state index contributed by atoms with van der Waals surface area (Å²) < 4.78 is 19.1. The van der Waals surface area contributed by atoms with Crippen molar-refractivity contribution in [3.63, 3.8) is 0 Å². The van der Waals surface area contributed by atoms with Crippen molar-refractivity contribution in [2.24, 2.45) is 11.0 Å². The number of nitrogens with zero attached hydrogens (tertiary/aromatic N) is 2. The van der Waals surface area contributed by atoms with Gasteiger partial charge >= 0.3 is 0 Å². The minimum Gasteiger partial charge on any atom is -0.481 e. The molecule has 3 aromatic carbocycles. The van der Waals surface area contributed by atoms with Crippen LogP contribution in [0.1, 0.15) is 43.4 Å². The number of aryl methyl sites for hydroxylation is 1. The molecule has 1 saturated heterocycles. The highest BCUT2D eigenvalue weighted by Crippen LogP contribution is 2.24. The molecule has 1 aliphatic heterocycles. The van der Waals surface area contributed by atoms with E-state index in [1.54, 1.807) is 43.3 Å². The van der Waals surface area contributed by atoms with Gasteiger partial charge in [0.25, 0.3) is 5.91 Å². The lowest BCUT2D eigenvalue weighted by atomic mass is 9.96. The van der Waals surface area contributed by atoms with E-state index in [0.717, 1.165) is 29.8 Å². The molecular formula is C31H33Cl2FN4O3. The first-order chi connectivity index (χ1) is 19.6. The quantitative estimate of drug-likeness (QED) is 0.215. The lowest BCUT2D eigenvalue weighted by molar-refractivity contribution is -0.126. The van der Waals surface area contributed by atoms with Gasteiger partial charge in [0.2, 0.25) is 5.91 Å². The number of likely N-dealkylation sites (tertiary alicyclic amines) is 1. The van der Waals surface area contributed by atoms with E-state index in [1.165, 1.54) is 12.1 Å². The van der Waals surface area contributed by atoms with Gasteiger partial charge < -0.3 is 10.1 Å². The van der Waals surface area contributed by atoms with Crippen LogP contribution in [0.2, 0.25) is 10.0 Å². The van der Waals surface area contributed by atoms with Crippen LogP contribution in [-0.2, 0) is 16.1 Å². The van der Waals surface area contributed by atoms with E-state index in [2.05, 4.69) is 20.7 Å². The predicted molar refractivity (Wildman–Crippen MR) is 161 cm³/mol. The van der Waals surface area contributed by atoms with Gasteiger partial charge in [0, 0.05) is 28.2 Å². The molecule has 1 aliphatic rings. The molecule has 0 aromatic heterocycles. The summed E-state index contributed by atoms with van der Waals surface area (Å²) >= 11 is 12.1. The second-order valence-electron chi connectivity index (χ2n) is 10.2. The van der Waals surface area contributed by atoms with Gasteiger partial charge in [-0.2, -0.15) is 5.10 Å². The van der Waals surface area contributed by atoms with Crippen LogP contribution >= 0.6 is 23.2 Å². The minimum absolute atomic E-state index is 0.113. The van der Waals surface area contributed by atoms with Gasteiger partial charge in [-0.25, -0.2) is 9.82 Å². The smallest absolute Gasteiger partial charge is 0.265 e. The zero-order valence-corrected chi connectivity index (χ0v) is 24.7. The van der Waals surface area contributed by atoms with E-state index in [1.807, 2.05) is 26.0 Å². The number of carbonyl (C=O) groups is 2. The van der Waals surface area contributed by atoms with Crippen molar-refractivity contribution >= 4 is 46.4 Å². The summed E-state index contributed by atoms with van der Waals surface area (Å²) in [5.74, 6) is -0.283. The highest BCUT2D eigenvalue weighted by Gasteiger charge is 2.25. The standard InChI is InChI=1S/C31H33Cl2FN4O3/c1-19-16-25(32)7-11-29(19)41-21(3)30(39)35-27-9-5-22(6-10-27)20(2)36-37-31(40)23-12-14-38(15-13-23)18-24-4-8-26(34)17-28(24)33/h4-11,16-17,21,23H,12-15,18H2,1-3H3,(H,35,39)(H,37,40)/b36-20-/t21-/m1/s1. The highest BCUT2D eigenvalue weighted by molar-refractivity contribution is 6.31. The molecule has 7 nitrogen and oxygen atoms in total. The van der Waals surface area contributed by atoms with Gasteiger partial charge in [-0.15, -0.1) is 0 Å². The zero-order chi connectivity index (χ0) is 29.5. The molecule has 2 amide bonds. The largest absolute Gasteiger partial charge is 0.481 e. The van der Waals surface area contributed by atoms with Crippen molar-refractivity contribution < 1.29 is 18.7 Å². The molecule has 1 heterocycles. The number of amides is 2. The number of ether oxygens (including phenoxy) is 1. The first-order valence-electron chi connectivity index (χ1n) is 13.4. The Morgan fingerprint density at radius 3 is 2.44 bits per heavy atom. The Morgan fingerprint density at radius 2 is 1.78 bits per heavy atom. The van der Waals surface area contributed by atoms with E-state index in [0.29, 0.717) is 46.6 Å². The Labute approximate surface area is 249 Å². The Kier molecular flexibility index (Phi) is 10.4. The number of nitrogens with one attached hydrogen (secondary N) is 2. The van der Waals surface area contributed by atoms with Gasteiger partial charge in [-0.3, -0.25) is 14.5 Å². The molecule has 1 fully saturated rings. The zero-order valence-electron chi connectivity index (χ0n) is 23.2. The maximum Gasteiger partial charge on any atom is 0.265 e. The number of hydrazone groups is 1. The summed E-state index contributed by atoms with van der Waals surface area (Å²) in [4.78, 5) is 27.6. The normalized spacial score (nSPS) is 15.3. The highest BCUT2D eigenvalue weighted by atomic mass is 35.5. The van der Waals surface area contributed by atoms with Crippen LogP contribution in [0, 0.1) is 18.7 Å². The van der Waals surface area contributed by atoms with E-state index >= 15 is 0 Å². The monoisotopic (exact) mass is 598 g/mol. The number of piperidine rings is 1. The van der Waals surface area contributed by atoms with Crippen molar-refractivity contribution in [2.45, 2.75) is 46.3 Å². The Morgan fingerprint density at radius 1 is 1.07 bits per heavy atom. The second-order valence-corrected chi connectivity index (χ2v) is 11.0. The fraction of sp³-hybridized carbons (Fsp3) is 0.323. The number of anilines is 1. The van der Waals surface area contributed by atoms with Crippen LogP contribution in [0.25, 0.3) is 0 Å². The number of carbonyl (C=O) groups excluding carboxylic acids is 2. The number of halogens is 3. The molecule has 3 aromatic rings. The SMILES string of the molecule is C/C(=N/NC(=O)C1CCN(Cc2ccc(F)cc2Cl)CC1)c1ccc(NC(=O)[C@@H](C)Oc2ccc(Cl)cc2C)cc1. The van der Waals surface area contributed by atoms with E-state index in [-0.39, 0.29) is 23.5 Å². The van der Waals surface area contributed by atoms with E-state index < -0.39 is 6.10 Å². The molecule has 10 heteroatoms. The van der Waals surface area contributed by atoms with Gasteiger partial charge in [-0.05, 0) is 106 Å². The fourth-order valence-corrected chi connectivity index (χ4v) is 5.02. The van der Waals surface area contributed by atoms with Crippen molar-refractivity contribution in [1.82, 2.24) is 10.3 Å². The van der Waals surface area contributed by atoms with Crippen LogP contribution in [0.5, 0.6) is 5.75 Å². The van der Waals surface area contributed by atoms with Gasteiger partial charge in [-0.1, -0.05) is 41.4 Å². The molecule has 4 rings (SSSR count). The molecule has 0 radical (unpaired) electrons. The van der Waals surface area contributed by atoms with Crippen LogP contribution in [-0.4, -0.2) is 41.6 Å². The molecule has 1 atom stereocenters. The summed E-state index contributed by atoms with van der Waals surface area (Å²) in [6, 6.07) is 16.9. The van der Waals surface area contributed by atoms with Gasteiger partial charge in [0.05, 0.1) is 5.71 Å². The summed E-state index contributed by atoms with van der Waals surface area (Å²) in [6.45, 7) is 7.47. The first-order valence-corrected chi connectivity index (χ1v) is 14.2. The summed E-state index contributed by atoms with van der Waals surface area (Å²) in [5.41, 5.74) is 6.50. The third-order valence-corrected chi connectivity index (χ3v) is 7.67. The molecular weight excluding hydrogens is 566 g/mol. The van der Waals surface area contributed by atoms with E-state index in [9.17, 15) is 14.0 Å². The third-order valence-electron chi connectivity index (χ3n) is 7.08. The van der Waals surface area contributed by atoms with E-state index in [4.69, 9.17) is 27.9 Å². The predicted octanol–water partition coefficient (Wildman–Crippen LogP) is 6.60. The molecule has 0 saturated carbocycles. The Balaban J connectivity index is 1.23. The molecule has 216 valence electrons. The summed E-state index contributed by atoms with van der Waals surface area (Å²) in [6.07, 6.45) is 0.696. The fourth-order valence-electron chi connectivity index (χ4n) is 4.57. The summed E-state index contributed by atoms with van der Waals surface area (Å²) in [5, 5.41) is 8.16. The van der Waals surface area contributed by atoms with Crippen molar-refractivity contribution in [1.29, 1.82) is 0 Å². The van der Waals surface area contributed by atoms with Crippen LogP contribution in [0.15, 0.2) is 65.8 Å². The molecule has 0 aliphatic carbocycles. The van der Waals surface area contributed by atoms with Crippen molar-refractivity contribution in [2.75, 3.05) is 18.4 Å². The van der Waals surface area contributed by atoms with Crippen LogP contribution in [0.4, 0.5) is 10.1 Å². The average Bonchev–Trinajstić information content (AvgIpc) is 2.95. The molecule has 2 N–H and O–H groups in total. The minimum atomic E-state index is -0.708. The molecule has 41 heavy (non-hydrogen) atoms. The van der Waals surface area contributed by atoms with Crippen LogP contribution in [0.3, 0.4) is 0 Å². The topological polar surface area (TPSA) is 83.0 Å². The number of hydrogen-bond acceptors (Lipinski definition) is 5. The number of benzene rings is 3. The van der Waals surface area contributed by atoms with Crippen LogP contribution < -0.4 is 15.5 Å². The Hall–Kier alpha value is -3.46. The van der Waals surface area contributed by atoms with Crippen molar-refractivity contribution in [3.8, 4) is 5.75 Å². The number of hydrogen-bond donors (Lipinski definition) is 2. The maximum absolute atomic E-state index is 13.3. The maximum atomic E-state index is 13.3. The van der Waals surface area contributed by atoms with Crippen molar-refractivity contribution in [3.05, 3.63) is 93.2 Å². The Bertz CT molecular complexity index is 1420. The molecule has 0 spiro atoms. The molecule has 0 unspecified atom stereocenters. The lowest BCUT2D eigenvalue weighted by Crippen LogP contribution is -2.39. The first kappa shape index (κ1) is 30.5. The second kappa shape index (κ2) is 13.9. The third kappa shape index (κ3) is 8.52. The average molecular weight is 600 g/mol. The lowest BCUT2D eigenvalue weighted by Gasteiger charge is -2.31. The summed E-state index contributed by atoms with van der Waals surface area (Å²) in [7, 11) is 0. The molecule has 0 bridgehead atoms. The van der Waals surface area contributed by atoms with Gasteiger partial charge in [0.1, 0.15) is 11.6 Å².